The fraction of sp³-hybridized carbons (Fsp3) is 0.214. The summed E-state index contributed by atoms with van der Waals surface area (Å²) in [6.07, 6.45) is 1.42. The zero-order valence-electron chi connectivity index (χ0n) is 11.4. The Bertz CT molecular complexity index is 600. The minimum atomic E-state index is -0.674. The maximum absolute atomic E-state index is 11.6. The average molecular weight is 274 g/mol. The van der Waals surface area contributed by atoms with Crippen molar-refractivity contribution in [1.82, 2.24) is 5.32 Å². The van der Waals surface area contributed by atoms with Gasteiger partial charge in [0, 0.05) is 12.5 Å². The van der Waals surface area contributed by atoms with Gasteiger partial charge in [0.05, 0.1) is 25.9 Å². The number of esters is 1. The second-order valence-corrected chi connectivity index (χ2v) is 3.80. The smallest absolute Gasteiger partial charge is 0.354 e. The molecule has 0 saturated heterocycles. The van der Waals surface area contributed by atoms with Crippen LogP contribution in [-0.4, -0.2) is 26.1 Å². The zero-order valence-corrected chi connectivity index (χ0v) is 11.4. The van der Waals surface area contributed by atoms with Gasteiger partial charge in [0.1, 0.15) is 11.4 Å². The molecule has 1 aromatic rings. The molecule has 0 aromatic heterocycles. The first-order valence-corrected chi connectivity index (χ1v) is 5.67. The van der Waals surface area contributed by atoms with Crippen LogP contribution < -0.4 is 10.1 Å². The molecule has 104 valence electrons. The molecule has 0 fully saturated rings. The first-order valence-electron chi connectivity index (χ1n) is 5.67. The summed E-state index contributed by atoms with van der Waals surface area (Å²) in [5.41, 5.74) is 0.960. The maximum atomic E-state index is 11.6. The number of carbonyl (C=O) groups is 2. The first-order chi connectivity index (χ1) is 9.51. The number of nitrogens with one attached hydrogen (secondary N) is 1. The summed E-state index contributed by atoms with van der Waals surface area (Å²) < 4.78 is 9.74. The van der Waals surface area contributed by atoms with Crippen molar-refractivity contribution in [1.29, 1.82) is 5.26 Å². The van der Waals surface area contributed by atoms with Crippen LogP contribution in [-0.2, 0) is 14.3 Å². The summed E-state index contributed by atoms with van der Waals surface area (Å²) in [7, 11) is 2.66. The lowest BCUT2D eigenvalue weighted by Crippen LogP contribution is -2.25. The molecule has 0 aliphatic carbocycles. The van der Waals surface area contributed by atoms with Crippen LogP contribution in [0.5, 0.6) is 5.75 Å². The molecule has 6 heteroatoms. The van der Waals surface area contributed by atoms with Gasteiger partial charge in [-0.2, -0.15) is 5.26 Å². The molecule has 1 rings (SSSR count). The van der Waals surface area contributed by atoms with E-state index in [2.05, 4.69) is 10.1 Å². The summed E-state index contributed by atoms with van der Waals surface area (Å²) in [6.45, 7) is 1.28. The molecule has 6 nitrogen and oxygen atoms in total. The minimum Gasteiger partial charge on any atom is -0.496 e. The van der Waals surface area contributed by atoms with Crippen molar-refractivity contribution in [3.8, 4) is 11.8 Å². The third-order valence-corrected chi connectivity index (χ3v) is 2.38. The van der Waals surface area contributed by atoms with Gasteiger partial charge in [0.15, 0.2) is 0 Å². The van der Waals surface area contributed by atoms with Crippen molar-refractivity contribution in [2.24, 2.45) is 0 Å². The molecule has 1 aromatic carbocycles. The fourth-order valence-corrected chi connectivity index (χ4v) is 1.50. The van der Waals surface area contributed by atoms with Crippen molar-refractivity contribution in [3.63, 3.8) is 0 Å². The number of methoxy groups -OCH3 is 2. The average Bonchev–Trinajstić information content (AvgIpc) is 2.45. The van der Waals surface area contributed by atoms with E-state index in [-0.39, 0.29) is 5.70 Å². The molecule has 0 aliphatic rings. The standard InChI is InChI=1S/C14H14N2O4/c1-9(17)16-12(14(18)20-3)7-11-5-4-10(8-15)6-13(11)19-2/h4-7H,1-3H3,(H,16,17)/b12-7+. The molecule has 0 spiro atoms. The Hall–Kier alpha value is -2.81. The first kappa shape index (κ1) is 15.2. The van der Waals surface area contributed by atoms with Gasteiger partial charge in [-0.25, -0.2) is 4.79 Å². The maximum Gasteiger partial charge on any atom is 0.354 e. The van der Waals surface area contributed by atoms with Gasteiger partial charge in [0.2, 0.25) is 5.91 Å². The summed E-state index contributed by atoms with van der Waals surface area (Å²) in [5.74, 6) is -0.656. The summed E-state index contributed by atoms with van der Waals surface area (Å²) in [4.78, 5) is 22.7. The van der Waals surface area contributed by atoms with Gasteiger partial charge in [-0.05, 0) is 24.3 Å². The van der Waals surface area contributed by atoms with Crippen molar-refractivity contribution < 1.29 is 19.1 Å². The van der Waals surface area contributed by atoms with Gasteiger partial charge in [-0.15, -0.1) is 0 Å². The molecule has 0 bridgehead atoms. The van der Waals surface area contributed by atoms with Gasteiger partial charge >= 0.3 is 5.97 Å². The van der Waals surface area contributed by atoms with Crippen molar-refractivity contribution in [2.45, 2.75) is 6.92 Å². The van der Waals surface area contributed by atoms with E-state index in [1.807, 2.05) is 6.07 Å². The van der Waals surface area contributed by atoms with Gasteiger partial charge < -0.3 is 14.8 Å². The number of ether oxygens (including phenoxy) is 2. The molecular formula is C14H14N2O4. The van der Waals surface area contributed by atoms with Crippen LogP contribution in [0.2, 0.25) is 0 Å². The molecule has 0 heterocycles. The number of carbonyl (C=O) groups excluding carboxylic acids is 2. The molecule has 20 heavy (non-hydrogen) atoms. The quantitative estimate of drug-likeness (QED) is 0.658. The number of hydrogen-bond donors (Lipinski definition) is 1. The highest BCUT2D eigenvalue weighted by Crippen LogP contribution is 2.22. The number of amides is 1. The summed E-state index contributed by atoms with van der Waals surface area (Å²) >= 11 is 0. The second-order valence-electron chi connectivity index (χ2n) is 3.80. The molecule has 1 N–H and O–H groups in total. The van der Waals surface area contributed by atoms with Crippen LogP contribution in [0.1, 0.15) is 18.1 Å². The van der Waals surface area contributed by atoms with Crippen LogP contribution in [0.25, 0.3) is 6.08 Å². The zero-order chi connectivity index (χ0) is 15.1. The van der Waals surface area contributed by atoms with Gasteiger partial charge in [-0.3, -0.25) is 4.79 Å². The normalized spacial score (nSPS) is 10.4. The van der Waals surface area contributed by atoms with E-state index in [0.29, 0.717) is 16.9 Å². The van der Waals surface area contributed by atoms with E-state index < -0.39 is 11.9 Å². The van der Waals surface area contributed by atoms with E-state index in [1.54, 1.807) is 12.1 Å². The predicted molar refractivity (Wildman–Crippen MR) is 71.5 cm³/mol. The summed E-state index contributed by atoms with van der Waals surface area (Å²) in [6, 6.07) is 6.72. The predicted octanol–water partition coefficient (Wildman–Crippen LogP) is 1.22. The number of hydrogen-bond acceptors (Lipinski definition) is 5. The van der Waals surface area contributed by atoms with Crippen LogP contribution >= 0.6 is 0 Å². The fourth-order valence-electron chi connectivity index (χ4n) is 1.50. The third kappa shape index (κ3) is 3.85. The van der Waals surface area contributed by atoms with Crippen molar-refractivity contribution >= 4 is 18.0 Å². The Labute approximate surface area is 116 Å². The number of benzene rings is 1. The van der Waals surface area contributed by atoms with E-state index in [1.165, 1.54) is 33.3 Å². The number of nitrogens with zero attached hydrogens (tertiary/aromatic N) is 1. The Kier molecular flexibility index (Phi) is 5.30. The van der Waals surface area contributed by atoms with Crippen LogP contribution in [0, 0.1) is 11.3 Å². The van der Waals surface area contributed by atoms with E-state index >= 15 is 0 Å². The van der Waals surface area contributed by atoms with E-state index in [4.69, 9.17) is 10.00 Å². The van der Waals surface area contributed by atoms with E-state index in [9.17, 15) is 9.59 Å². The molecular weight excluding hydrogens is 260 g/mol. The van der Waals surface area contributed by atoms with Gasteiger partial charge in [-0.1, -0.05) is 0 Å². The molecule has 1 amide bonds. The topological polar surface area (TPSA) is 88.4 Å². The van der Waals surface area contributed by atoms with E-state index in [0.717, 1.165) is 0 Å². The number of rotatable bonds is 4. The highest BCUT2D eigenvalue weighted by atomic mass is 16.5. The molecule has 0 saturated carbocycles. The highest BCUT2D eigenvalue weighted by Gasteiger charge is 2.13. The second kappa shape index (κ2) is 6.95. The lowest BCUT2D eigenvalue weighted by atomic mass is 10.1. The van der Waals surface area contributed by atoms with Gasteiger partial charge in [0.25, 0.3) is 0 Å². The molecule has 0 unspecified atom stereocenters. The van der Waals surface area contributed by atoms with Crippen LogP contribution in [0.15, 0.2) is 23.9 Å². The highest BCUT2D eigenvalue weighted by molar-refractivity contribution is 5.97. The Morgan fingerprint density at radius 1 is 1.35 bits per heavy atom. The number of nitriles is 1. The third-order valence-electron chi connectivity index (χ3n) is 2.38. The lowest BCUT2D eigenvalue weighted by molar-refractivity contribution is -0.137. The molecule has 0 aliphatic heterocycles. The Balaban J connectivity index is 3.26. The minimum absolute atomic E-state index is 0.0111. The molecule has 0 radical (unpaired) electrons. The SMILES string of the molecule is COC(=O)/C(=C\c1ccc(C#N)cc1OC)NC(C)=O. The Morgan fingerprint density at radius 2 is 2.05 bits per heavy atom. The largest absolute Gasteiger partial charge is 0.496 e. The van der Waals surface area contributed by atoms with Crippen molar-refractivity contribution in [3.05, 3.63) is 35.0 Å². The van der Waals surface area contributed by atoms with Crippen LogP contribution in [0.4, 0.5) is 0 Å². The summed E-state index contributed by atoms with van der Waals surface area (Å²) in [5, 5.41) is 11.2. The molecule has 0 atom stereocenters. The van der Waals surface area contributed by atoms with Crippen molar-refractivity contribution in [2.75, 3.05) is 14.2 Å². The van der Waals surface area contributed by atoms with Crippen LogP contribution in [0.3, 0.4) is 0 Å². The lowest BCUT2D eigenvalue weighted by Gasteiger charge is -2.09. The Morgan fingerprint density at radius 3 is 2.55 bits per heavy atom. The monoisotopic (exact) mass is 274 g/mol.